The van der Waals surface area contributed by atoms with Crippen LogP contribution in [-0.2, 0) is 4.79 Å². The van der Waals surface area contributed by atoms with Crippen molar-refractivity contribution in [1.29, 1.82) is 0 Å². The molecule has 0 saturated carbocycles. The molecular weight excluding hydrogens is 289 g/mol. The highest BCUT2D eigenvalue weighted by atomic mass is 32.2. The van der Waals surface area contributed by atoms with E-state index in [4.69, 9.17) is 5.73 Å². The van der Waals surface area contributed by atoms with Gasteiger partial charge in [-0.2, -0.15) is 11.8 Å². The van der Waals surface area contributed by atoms with Crippen LogP contribution in [0.5, 0.6) is 0 Å². The standard InChI is InChI=1S/C15H22FN3OS/c1-19(12-6-8-21-10-12)7-2-3-15(20)18-11-4-5-13(16)14(17)9-11/h4-5,9,12H,2-3,6-8,10,17H2,1H3,(H,18,20). The summed E-state index contributed by atoms with van der Waals surface area (Å²) in [6.07, 6.45) is 2.52. The van der Waals surface area contributed by atoms with Crippen LogP contribution in [0.4, 0.5) is 15.8 Å². The van der Waals surface area contributed by atoms with Crippen LogP contribution < -0.4 is 11.1 Å². The molecule has 0 spiro atoms. The lowest BCUT2D eigenvalue weighted by Crippen LogP contribution is -2.32. The van der Waals surface area contributed by atoms with Gasteiger partial charge in [-0.15, -0.1) is 0 Å². The van der Waals surface area contributed by atoms with Crippen molar-refractivity contribution in [2.45, 2.75) is 25.3 Å². The first-order valence-corrected chi connectivity index (χ1v) is 8.34. The first-order valence-electron chi connectivity index (χ1n) is 7.19. The molecule has 2 rings (SSSR count). The van der Waals surface area contributed by atoms with Crippen LogP contribution in [0.3, 0.4) is 0 Å². The van der Waals surface area contributed by atoms with Gasteiger partial charge in [0.05, 0.1) is 5.69 Å². The van der Waals surface area contributed by atoms with Crippen molar-refractivity contribution in [3.8, 4) is 0 Å². The largest absolute Gasteiger partial charge is 0.396 e. The number of anilines is 2. The quantitative estimate of drug-likeness (QED) is 0.793. The van der Waals surface area contributed by atoms with Crippen LogP contribution in [0, 0.1) is 5.82 Å². The van der Waals surface area contributed by atoms with E-state index in [1.165, 1.54) is 36.1 Å². The zero-order valence-electron chi connectivity index (χ0n) is 12.3. The van der Waals surface area contributed by atoms with Crippen LogP contribution in [0.15, 0.2) is 18.2 Å². The Bertz CT molecular complexity index is 492. The molecule has 1 aromatic rings. The van der Waals surface area contributed by atoms with E-state index in [-0.39, 0.29) is 11.6 Å². The van der Waals surface area contributed by atoms with Crippen molar-refractivity contribution >= 4 is 29.0 Å². The zero-order valence-corrected chi connectivity index (χ0v) is 13.1. The second kappa shape index (κ2) is 7.66. The Morgan fingerprint density at radius 2 is 2.38 bits per heavy atom. The van der Waals surface area contributed by atoms with Gasteiger partial charge >= 0.3 is 0 Å². The number of hydrogen-bond acceptors (Lipinski definition) is 4. The second-order valence-electron chi connectivity index (χ2n) is 5.39. The topological polar surface area (TPSA) is 58.4 Å². The summed E-state index contributed by atoms with van der Waals surface area (Å²) in [6, 6.07) is 4.87. The molecule has 6 heteroatoms. The molecule has 21 heavy (non-hydrogen) atoms. The van der Waals surface area contributed by atoms with Crippen LogP contribution in [-0.4, -0.2) is 41.9 Å². The van der Waals surface area contributed by atoms with E-state index in [1.54, 1.807) is 0 Å². The number of carbonyl (C=O) groups is 1. The molecule has 0 aliphatic carbocycles. The minimum atomic E-state index is -0.468. The number of carbonyl (C=O) groups excluding carboxylic acids is 1. The lowest BCUT2D eigenvalue weighted by atomic mass is 10.2. The normalized spacial score (nSPS) is 18.1. The van der Waals surface area contributed by atoms with E-state index in [0.717, 1.165) is 13.0 Å². The molecule has 1 atom stereocenters. The maximum absolute atomic E-state index is 13.0. The van der Waals surface area contributed by atoms with Gasteiger partial charge in [-0.3, -0.25) is 4.79 Å². The fourth-order valence-corrected chi connectivity index (χ4v) is 3.68. The number of hydrogen-bond donors (Lipinski definition) is 2. The van der Waals surface area contributed by atoms with Gasteiger partial charge in [0.1, 0.15) is 5.82 Å². The third-order valence-corrected chi connectivity index (χ3v) is 4.87. The third kappa shape index (κ3) is 4.89. The summed E-state index contributed by atoms with van der Waals surface area (Å²) >= 11 is 1.99. The van der Waals surface area contributed by atoms with E-state index in [2.05, 4.69) is 17.3 Å². The second-order valence-corrected chi connectivity index (χ2v) is 6.54. The highest BCUT2D eigenvalue weighted by Gasteiger charge is 2.19. The van der Waals surface area contributed by atoms with Crippen LogP contribution in [0.25, 0.3) is 0 Å². The molecule has 0 radical (unpaired) electrons. The summed E-state index contributed by atoms with van der Waals surface area (Å²) in [5.74, 6) is 1.90. The minimum absolute atomic E-state index is 0.0475. The maximum atomic E-state index is 13.0. The number of nitrogen functional groups attached to an aromatic ring is 1. The molecule has 4 nitrogen and oxygen atoms in total. The van der Waals surface area contributed by atoms with Crippen molar-refractivity contribution in [3.63, 3.8) is 0 Å². The van der Waals surface area contributed by atoms with Crippen molar-refractivity contribution in [2.75, 3.05) is 36.1 Å². The van der Waals surface area contributed by atoms with Crippen LogP contribution in [0.1, 0.15) is 19.3 Å². The van der Waals surface area contributed by atoms with Gasteiger partial charge in [0, 0.05) is 23.9 Å². The van der Waals surface area contributed by atoms with Crippen LogP contribution >= 0.6 is 11.8 Å². The minimum Gasteiger partial charge on any atom is -0.396 e. The zero-order chi connectivity index (χ0) is 15.2. The Kier molecular flexibility index (Phi) is 5.87. The number of amides is 1. The Hall–Kier alpha value is -1.27. The molecule has 116 valence electrons. The fourth-order valence-electron chi connectivity index (χ4n) is 2.39. The lowest BCUT2D eigenvalue weighted by molar-refractivity contribution is -0.116. The number of nitrogens with one attached hydrogen (secondary N) is 1. The van der Waals surface area contributed by atoms with E-state index < -0.39 is 5.82 Å². The number of thioether (sulfide) groups is 1. The highest BCUT2D eigenvalue weighted by Crippen LogP contribution is 2.21. The summed E-state index contributed by atoms with van der Waals surface area (Å²) < 4.78 is 13.0. The van der Waals surface area contributed by atoms with Gasteiger partial charge in [-0.25, -0.2) is 4.39 Å². The monoisotopic (exact) mass is 311 g/mol. The third-order valence-electron chi connectivity index (χ3n) is 3.72. The molecule has 1 aromatic carbocycles. The van der Waals surface area contributed by atoms with E-state index >= 15 is 0 Å². The average molecular weight is 311 g/mol. The predicted molar refractivity (Wildman–Crippen MR) is 87.0 cm³/mol. The Morgan fingerprint density at radius 3 is 3.05 bits per heavy atom. The number of benzene rings is 1. The number of nitrogens with zero attached hydrogens (tertiary/aromatic N) is 1. The molecular formula is C15H22FN3OS. The molecule has 1 fully saturated rings. The van der Waals surface area contributed by atoms with Crippen molar-refractivity contribution in [3.05, 3.63) is 24.0 Å². The first-order chi connectivity index (χ1) is 10.1. The fraction of sp³-hybridized carbons (Fsp3) is 0.533. The Labute approximate surface area is 129 Å². The molecule has 0 aromatic heterocycles. The lowest BCUT2D eigenvalue weighted by Gasteiger charge is -2.23. The van der Waals surface area contributed by atoms with Gasteiger partial charge in [0.25, 0.3) is 0 Å². The maximum Gasteiger partial charge on any atom is 0.224 e. The summed E-state index contributed by atoms with van der Waals surface area (Å²) in [4.78, 5) is 14.2. The number of rotatable bonds is 6. The molecule has 0 bridgehead atoms. The molecule has 1 saturated heterocycles. The van der Waals surface area contributed by atoms with E-state index in [9.17, 15) is 9.18 Å². The van der Waals surface area contributed by atoms with Gasteiger partial charge in [0.15, 0.2) is 0 Å². The number of halogens is 1. The average Bonchev–Trinajstić information content (AvgIpc) is 2.97. The van der Waals surface area contributed by atoms with Crippen molar-refractivity contribution < 1.29 is 9.18 Å². The van der Waals surface area contributed by atoms with Gasteiger partial charge in [-0.05, 0) is 50.4 Å². The molecule has 3 N–H and O–H groups in total. The summed E-state index contributed by atoms with van der Waals surface area (Å²) in [5, 5.41) is 2.75. The summed E-state index contributed by atoms with van der Waals surface area (Å²) in [5.41, 5.74) is 6.06. The van der Waals surface area contributed by atoms with E-state index in [1.807, 2.05) is 11.8 Å². The van der Waals surface area contributed by atoms with Gasteiger partial charge in [0.2, 0.25) is 5.91 Å². The molecule has 1 amide bonds. The Balaban J connectivity index is 1.70. The smallest absolute Gasteiger partial charge is 0.224 e. The molecule has 1 aliphatic heterocycles. The molecule has 1 aliphatic rings. The first kappa shape index (κ1) is 16.1. The SMILES string of the molecule is CN(CCCC(=O)Nc1ccc(F)c(N)c1)C1CCSC1. The van der Waals surface area contributed by atoms with E-state index in [0.29, 0.717) is 18.2 Å². The van der Waals surface area contributed by atoms with Crippen LogP contribution in [0.2, 0.25) is 0 Å². The highest BCUT2D eigenvalue weighted by molar-refractivity contribution is 7.99. The number of nitrogens with two attached hydrogens (primary N) is 1. The van der Waals surface area contributed by atoms with Crippen molar-refractivity contribution in [2.24, 2.45) is 0 Å². The van der Waals surface area contributed by atoms with Gasteiger partial charge in [-0.1, -0.05) is 0 Å². The van der Waals surface area contributed by atoms with Crippen molar-refractivity contribution in [1.82, 2.24) is 4.90 Å². The molecule has 1 heterocycles. The van der Waals surface area contributed by atoms with Gasteiger partial charge < -0.3 is 16.0 Å². The molecule has 1 unspecified atom stereocenters. The summed E-state index contributed by atoms with van der Waals surface area (Å²) in [6.45, 7) is 0.921. The predicted octanol–water partition coefficient (Wildman–Crippen LogP) is 2.56. The Morgan fingerprint density at radius 1 is 1.57 bits per heavy atom. The summed E-state index contributed by atoms with van der Waals surface area (Å²) in [7, 11) is 2.12.